The van der Waals surface area contributed by atoms with Crippen molar-refractivity contribution < 1.29 is 19.7 Å². The summed E-state index contributed by atoms with van der Waals surface area (Å²) in [7, 11) is 1.62. The normalized spacial score (nSPS) is 25.0. The predicted octanol–water partition coefficient (Wildman–Crippen LogP) is 1.78. The fourth-order valence-corrected chi connectivity index (χ4v) is 1.68. The first-order valence-corrected chi connectivity index (χ1v) is 6.02. The maximum absolute atomic E-state index is 11.6. The minimum atomic E-state index is -0.813. The third kappa shape index (κ3) is 3.75. The molecular weight excluding hydrogens is 238 g/mol. The van der Waals surface area contributed by atoms with Crippen LogP contribution in [-0.4, -0.2) is 39.7 Å². The fourth-order valence-electron chi connectivity index (χ4n) is 1.68. The van der Waals surface area contributed by atoms with Crippen molar-refractivity contribution in [1.29, 1.82) is 0 Å². The summed E-state index contributed by atoms with van der Waals surface area (Å²) in [6.07, 6.45) is 1.32. The predicted molar refractivity (Wildman–Crippen MR) is 63.4 cm³/mol. The molecule has 2 atom stereocenters. The van der Waals surface area contributed by atoms with Gasteiger partial charge in [-0.25, -0.2) is 0 Å². The van der Waals surface area contributed by atoms with E-state index in [1.165, 1.54) is 5.01 Å². The molecule has 0 unspecified atom stereocenters. The van der Waals surface area contributed by atoms with E-state index >= 15 is 0 Å². The van der Waals surface area contributed by atoms with Gasteiger partial charge < -0.3 is 15.2 Å². The summed E-state index contributed by atoms with van der Waals surface area (Å²) in [6, 6.07) is 0. The van der Waals surface area contributed by atoms with Crippen molar-refractivity contribution in [2.45, 2.75) is 51.7 Å². The van der Waals surface area contributed by atoms with Gasteiger partial charge in [0, 0.05) is 6.42 Å². The van der Waals surface area contributed by atoms with Crippen LogP contribution in [0.1, 0.15) is 40.0 Å². The van der Waals surface area contributed by atoms with Crippen molar-refractivity contribution in [2.24, 2.45) is 11.2 Å². The lowest BCUT2D eigenvalue weighted by Crippen LogP contribution is -2.42. The Balaban J connectivity index is 2.48. The largest absolute Gasteiger partial charge is 0.569 e. The Bertz CT molecular complexity index is 338. The molecule has 7 heteroatoms. The molecule has 1 fully saturated rings. The highest BCUT2D eigenvalue weighted by atomic mass is 16.7. The van der Waals surface area contributed by atoms with E-state index in [9.17, 15) is 10.0 Å². The van der Waals surface area contributed by atoms with Crippen LogP contribution in [0.25, 0.3) is 0 Å². The Morgan fingerprint density at radius 3 is 2.56 bits per heavy atom. The van der Waals surface area contributed by atoms with Gasteiger partial charge in [-0.2, -0.15) is 0 Å². The van der Waals surface area contributed by atoms with Crippen LogP contribution in [-0.2, 0) is 9.63 Å². The van der Waals surface area contributed by atoms with Gasteiger partial charge in [-0.1, -0.05) is 0 Å². The second kappa shape index (κ2) is 5.41. The van der Waals surface area contributed by atoms with Gasteiger partial charge in [0.25, 0.3) is 0 Å². The number of hydrazine groups is 1. The van der Waals surface area contributed by atoms with Crippen LogP contribution in [0.3, 0.4) is 0 Å². The summed E-state index contributed by atoms with van der Waals surface area (Å²) in [4.78, 5) is 16.3. The zero-order valence-corrected chi connectivity index (χ0v) is 11.3. The van der Waals surface area contributed by atoms with Crippen LogP contribution in [0, 0.1) is 11.1 Å². The maximum Gasteiger partial charge on any atom is 0.306 e. The molecule has 7 nitrogen and oxygen atoms in total. The van der Waals surface area contributed by atoms with E-state index in [0.717, 1.165) is 0 Å². The Labute approximate surface area is 107 Å². The smallest absolute Gasteiger partial charge is 0.306 e. The molecule has 1 rings (SSSR count). The summed E-state index contributed by atoms with van der Waals surface area (Å²) < 4.78 is 0. The molecule has 1 N–H and O–H groups in total. The Morgan fingerprint density at radius 2 is 2.11 bits per heavy atom. The lowest BCUT2D eigenvalue weighted by atomic mass is 10.1. The van der Waals surface area contributed by atoms with Gasteiger partial charge in [-0.15, -0.1) is 5.01 Å². The van der Waals surface area contributed by atoms with Crippen molar-refractivity contribution in [3.05, 3.63) is 5.21 Å². The van der Waals surface area contributed by atoms with Crippen LogP contribution in [0.4, 0.5) is 0 Å². The number of carbonyl (C=O) groups is 1. The average Bonchev–Trinajstić information content (AvgIpc) is 2.72. The second-order valence-electron chi connectivity index (χ2n) is 5.60. The number of nitrogens with zero attached hydrogens (tertiary/aromatic N) is 3. The first-order valence-electron chi connectivity index (χ1n) is 6.02. The summed E-state index contributed by atoms with van der Waals surface area (Å²) >= 11 is 0. The first kappa shape index (κ1) is 14.5. The van der Waals surface area contributed by atoms with Gasteiger partial charge in [0.05, 0.1) is 23.5 Å². The number of rotatable bonds is 4. The first-order chi connectivity index (χ1) is 8.21. The fraction of sp³-hybridized carbons (Fsp3) is 0.909. The zero-order chi connectivity index (χ0) is 13.9. The highest BCUT2D eigenvalue weighted by Gasteiger charge is 2.32. The third-order valence-electron chi connectivity index (χ3n) is 3.23. The molecule has 0 aliphatic heterocycles. The summed E-state index contributed by atoms with van der Waals surface area (Å²) in [5.74, 6) is -1.20. The topological polar surface area (TPSA) is 88.2 Å². The van der Waals surface area contributed by atoms with Gasteiger partial charge >= 0.3 is 5.97 Å². The molecule has 0 spiro atoms. The highest BCUT2D eigenvalue weighted by Crippen LogP contribution is 2.28. The molecule has 0 bridgehead atoms. The minimum Gasteiger partial charge on any atom is -0.569 e. The maximum atomic E-state index is 11.6. The van der Waals surface area contributed by atoms with E-state index in [1.54, 1.807) is 7.05 Å². The van der Waals surface area contributed by atoms with E-state index < -0.39 is 5.97 Å². The SMILES string of the molecule is CN(/[N+]([O-])=N/O[C@@H]1CC[C@H](C(=O)O)C1)C(C)(C)C. The molecule has 0 radical (unpaired) electrons. The highest BCUT2D eigenvalue weighted by molar-refractivity contribution is 5.70. The zero-order valence-electron chi connectivity index (χ0n) is 11.3. The molecule has 0 heterocycles. The molecule has 1 aliphatic rings. The van der Waals surface area contributed by atoms with Gasteiger partial charge in [-0.05, 0) is 33.6 Å². The average molecular weight is 259 g/mol. The van der Waals surface area contributed by atoms with Gasteiger partial charge in [-0.3, -0.25) is 4.79 Å². The van der Waals surface area contributed by atoms with Gasteiger partial charge in [0.15, 0.2) is 0 Å². The van der Waals surface area contributed by atoms with E-state index in [0.29, 0.717) is 24.2 Å². The molecule has 0 aromatic carbocycles. The summed E-state index contributed by atoms with van der Waals surface area (Å²) in [5, 5.41) is 25.3. The molecule has 1 aliphatic carbocycles. The standard InChI is InChI=1S/C11H21N3O4/c1-11(2,3)13(4)14(17)12-18-9-6-5-8(7-9)10(15)16/h8-9H,5-7H2,1-4H3,(H,15,16)/b14-12-/t8-,9+/m0/s1. The van der Waals surface area contributed by atoms with Gasteiger partial charge in [0.2, 0.25) is 5.28 Å². The quantitative estimate of drug-likeness (QED) is 0.472. The minimum absolute atomic E-state index is 0.282. The molecule has 0 amide bonds. The third-order valence-corrected chi connectivity index (χ3v) is 3.23. The van der Waals surface area contributed by atoms with E-state index in [1.807, 2.05) is 20.8 Å². The Hall–Kier alpha value is -1.53. The Kier molecular flexibility index (Phi) is 4.37. The second-order valence-corrected chi connectivity index (χ2v) is 5.60. The molecule has 0 aromatic rings. The van der Waals surface area contributed by atoms with Crippen molar-refractivity contribution in [3.8, 4) is 0 Å². The van der Waals surface area contributed by atoms with Gasteiger partial charge in [0.1, 0.15) is 6.10 Å². The van der Waals surface area contributed by atoms with Crippen LogP contribution in [0.2, 0.25) is 0 Å². The van der Waals surface area contributed by atoms with Crippen molar-refractivity contribution in [1.82, 2.24) is 5.01 Å². The molecule has 1 saturated carbocycles. The van der Waals surface area contributed by atoms with Crippen LogP contribution >= 0.6 is 0 Å². The van der Waals surface area contributed by atoms with Crippen molar-refractivity contribution >= 4 is 5.97 Å². The van der Waals surface area contributed by atoms with E-state index in [-0.39, 0.29) is 17.6 Å². The number of hydrogen-bond acceptors (Lipinski definition) is 4. The van der Waals surface area contributed by atoms with E-state index in [2.05, 4.69) is 5.28 Å². The van der Waals surface area contributed by atoms with Crippen LogP contribution in [0.15, 0.2) is 5.28 Å². The monoisotopic (exact) mass is 259 g/mol. The molecule has 18 heavy (non-hydrogen) atoms. The number of aliphatic carboxylic acids is 1. The molecule has 104 valence electrons. The van der Waals surface area contributed by atoms with Crippen LogP contribution < -0.4 is 0 Å². The summed E-state index contributed by atoms with van der Waals surface area (Å²) in [5.41, 5.74) is -0.353. The number of carboxylic acid groups (broad SMARTS) is 1. The molecule has 0 saturated heterocycles. The van der Waals surface area contributed by atoms with Crippen molar-refractivity contribution in [2.75, 3.05) is 7.05 Å². The Morgan fingerprint density at radius 1 is 1.50 bits per heavy atom. The van der Waals surface area contributed by atoms with Crippen molar-refractivity contribution in [3.63, 3.8) is 0 Å². The summed E-state index contributed by atoms with van der Waals surface area (Å²) in [6.45, 7) is 5.64. The lowest BCUT2D eigenvalue weighted by molar-refractivity contribution is -0.720. The number of carboxylic acids is 1. The molecule has 0 aromatic heterocycles. The molecular formula is C11H21N3O4. The van der Waals surface area contributed by atoms with E-state index in [4.69, 9.17) is 9.94 Å². The lowest BCUT2D eigenvalue weighted by Gasteiger charge is -2.26. The number of hydrogen-bond donors (Lipinski definition) is 1. The van der Waals surface area contributed by atoms with Crippen LogP contribution in [0.5, 0.6) is 0 Å².